The van der Waals surface area contributed by atoms with Crippen molar-refractivity contribution >= 4 is 23.8 Å². The Labute approximate surface area is 183 Å². The fourth-order valence-corrected chi connectivity index (χ4v) is 2.82. The van der Waals surface area contributed by atoms with E-state index in [1.165, 1.54) is 24.3 Å². The number of benzene rings is 2. The van der Waals surface area contributed by atoms with Crippen molar-refractivity contribution in [3.63, 3.8) is 0 Å². The van der Waals surface area contributed by atoms with Crippen LogP contribution in [0.15, 0.2) is 64.1 Å². The highest BCUT2D eigenvalue weighted by atomic mass is 19.4. The van der Waals surface area contributed by atoms with Crippen LogP contribution in [0.2, 0.25) is 0 Å². The van der Waals surface area contributed by atoms with E-state index in [-0.39, 0.29) is 16.9 Å². The Kier molecular flexibility index (Phi) is 6.56. The van der Waals surface area contributed by atoms with Gasteiger partial charge in [0.05, 0.1) is 29.1 Å². The van der Waals surface area contributed by atoms with Crippen LogP contribution >= 0.6 is 0 Å². The smallest absolute Gasteiger partial charge is 0.416 e. The predicted octanol–water partition coefficient (Wildman–Crippen LogP) is 2.93. The van der Waals surface area contributed by atoms with Crippen LogP contribution in [0.4, 0.5) is 18.9 Å². The van der Waals surface area contributed by atoms with Gasteiger partial charge in [0, 0.05) is 17.2 Å². The molecule has 0 aliphatic carbocycles. The van der Waals surface area contributed by atoms with E-state index >= 15 is 0 Å². The average molecular weight is 460 g/mol. The van der Waals surface area contributed by atoms with E-state index in [0.717, 1.165) is 12.3 Å². The van der Waals surface area contributed by atoms with Gasteiger partial charge in [0.25, 0.3) is 5.69 Å². The summed E-state index contributed by atoms with van der Waals surface area (Å²) in [6, 6.07) is 10.8. The van der Waals surface area contributed by atoms with Crippen molar-refractivity contribution in [2.24, 2.45) is 5.10 Å². The SMILES string of the molecule is O=C(Cc1ccc(C(F)(F)F)cc1[N+](=O)[O-])N/N=C\c1ccc(-c2cccc(C(=O)[O-])c2)o1. The van der Waals surface area contributed by atoms with Gasteiger partial charge in [-0.3, -0.25) is 14.9 Å². The maximum Gasteiger partial charge on any atom is 0.416 e. The molecule has 3 rings (SSSR count). The fraction of sp³-hybridized carbons (Fsp3) is 0.0952. The van der Waals surface area contributed by atoms with Gasteiger partial charge in [0.1, 0.15) is 11.5 Å². The van der Waals surface area contributed by atoms with Crippen molar-refractivity contribution in [1.29, 1.82) is 0 Å². The minimum absolute atomic E-state index is 0.0382. The van der Waals surface area contributed by atoms with Crippen LogP contribution in [0.5, 0.6) is 0 Å². The van der Waals surface area contributed by atoms with Crippen LogP contribution in [-0.2, 0) is 17.4 Å². The molecule has 0 saturated carbocycles. The molecule has 3 aromatic rings. The summed E-state index contributed by atoms with van der Waals surface area (Å²) in [5, 5.41) is 25.7. The molecule has 1 aromatic heterocycles. The molecule has 12 heteroatoms. The topological polar surface area (TPSA) is 138 Å². The number of nitrogens with one attached hydrogen (secondary N) is 1. The van der Waals surface area contributed by atoms with Crippen molar-refractivity contribution in [2.75, 3.05) is 0 Å². The Morgan fingerprint density at radius 2 is 1.88 bits per heavy atom. The van der Waals surface area contributed by atoms with Gasteiger partial charge in [-0.05, 0) is 29.8 Å². The highest BCUT2D eigenvalue weighted by Gasteiger charge is 2.33. The summed E-state index contributed by atoms with van der Waals surface area (Å²) in [6.45, 7) is 0. The number of alkyl halides is 3. The molecular formula is C21H13F3N3O6-. The third-order valence-electron chi connectivity index (χ3n) is 4.35. The standard InChI is InChI=1S/C21H14F3N3O6/c22-21(23,24)15-5-4-12(17(10-15)27(31)32)9-19(28)26-25-11-16-6-7-18(33-16)13-2-1-3-14(8-13)20(29)30/h1-8,10-11H,9H2,(H,26,28)(H,29,30)/p-1/b25-11-. The summed E-state index contributed by atoms with van der Waals surface area (Å²) in [7, 11) is 0. The first kappa shape index (κ1) is 23.2. The first-order valence-corrected chi connectivity index (χ1v) is 9.12. The molecule has 1 heterocycles. The Morgan fingerprint density at radius 3 is 2.55 bits per heavy atom. The molecule has 0 radical (unpaired) electrons. The van der Waals surface area contributed by atoms with Crippen LogP contribution in [-0.4, -0.2) is 23.0 Å². The molecule has 0 bridgehead atoms. The maximum absolute atomic E-state index is 12.8. The lowest BCUT2D eigenvalue weighted by Gasteiger charge is -2.08. The lowest BCUT2D eigenvalue weighted by Crippen LogP contribution is -2.22. The van der Waals surface area contributed by atoms with E-state index in [0.29, 0.717) is 23.5 Å². The Bertz CT molecular complexity index is 1250. The molecule has 1 N–H and O–H groups in total. The molecule has 1 amide bonds. The van der Waals surface area contributed by atoms with Gasteiger partial charge in [-0.25, -0.2) is 5.43 Å². The summed E-state index contributed by atoms with van der Waals surface area (Å²) in [5.41, 5.74) is 0.285. The lowest BCUT2D eigenvalue weighted by atomic mass is 10.1. The van der Waals surface area contributed by atoms with E-state index < -0.39 is 40.6 Å². The van der Waals surface area contributed by atoms with Gasteiger partial charge in [-0.1, -0.05) is 24.3 Å². The molecule has 0 spiro atoms. The van der Waals surface area contributed by atoms with Crippen LogP contribution in [0.25, 0.3) is 11.3 Å². The highest BCUT2D eigenvalue weighted by molar-refractivity contribution is 5.87. The van der Waals surface area contributed by atoms with Crippen molar-refractivity contribution in [3.8, 4) is 11.3 Å². The van der Waals surface area contributed by atoms with Crippen LogP contribution < -0.4 is 10.5 Å². The van der Waals surface area contributed by atoms with E-state index in [1.54, 1.807) is 12.1 Å². The number of nitrogens with zero attached hydrogens (tertiary/aromatic N) is 2. The van der Waals surface area contributed by atoms with Gasteiger partial charge < -0.3 is 14.3 Å². The molecule has 0 unspecified atom stereocenters. The zero-order valence-corrected chi connectivity index (χ0v) is 16.5. The fourth-order valence-electron chi connectivity index (χ4n) is 2.82. The average Bonchev–Trinajstić information content (AvgIpc) is 3.22. The lowest BCUT2D eigenvalue weighted by molar-refractivity contribution is -0.385. The second-order valence-corrected chi connectivity index (χ2v) is 6.64. The summed E-state index contributed by atoms with van der Waals surface area (Å²) >= 11 is 0. The van der Waals surface area contributed by atoms with Crippen LogP contribution in [0.1, 0.15) is 27.2 Å². The van der Waals surface area contributed by atoms with E-state index in [4.69, 9.17) is 4.42 Å². The van der Waals surface area contributed by atoms with Crippen LogP contribution in [0, 0.1) is 10.1 Å². The second kappa shape index (κ2) is 9.34. The third kappa shape index (κ3) is 5.81. The number of hydrogen-bond donors (Lipinski definition) is 1. The van der Waals surface area contributed by atoms with Gasteiger partial charge in [-0.15, -0.1) is 0 Å². The Balaban J connectivity index is 1.66. The van der Waals surface area contributed by atoms with E-state index in [1.807, 2.05) is 0 Å². The van der Waals surface area contributed by atoms with Crippen molar-refractivity contribution in [2.45, 2.75) is 12.6 Å². The van der Waals surface area contributed by atoms with Gasteiger partial charge in [-0.2, -0.15) is 18.3 Å². The van der Waals surface area contributed by atoms with Gasteiger partial charge >= 0.3 is 6.18 Å². The molecular weight excluding hydrogens is 447 g/mol. The number of halogens is 3. The first-order chi connectivity index (χ1) is 15.5. The van der Waals surface area contributed by atoms with E-state index in [9.17, 15) is 38.0 Å². The number of carboxylic acids is 1. The highest BCUT2D eigenvalue weighted by Crippen LogP contribution is 2.33. The molecule has 0 aliphatic heterocycles. The molecule has 0 aliphatic rings. The number of aromatic carboxylic acids is 1. The summed E-state index contributed by atoms with van der Waals surface area (Å²) in [5.74, 6) is -1.63. The number of amides is 1. The Morgan fingerprint density at radius 1 is 1.12 bits per heavy atom. The van der Waals surface area contributed by atoms with Gasteiger partial charge in [0.15, 0.2) is 0 Å². The van der Waals surface area contributed by atoms with E-state index in [2.05, 4.69) is 10.5 Å². The summed E-state index contributed by atoms with van der Waals surface area (Å²) < 4.78 is 43.8. The molecule has 2 aromatic carbocycles. The summed E-state index contributed by atoms with van der Waals surface area (Å²) in [4.78, 5) is 33.1. The number of rotatable bonds is 7. The number of carboxylic acid groups (broad SMARTS) is 1. The molecule has 0 atom stereocenters. The number of hydrazone groups is 1. The molecule has 0 fully saturated rings. The zero-order valence-electron chi connectivity index (χ0n) is 16.5. The quantitative estimate of drug-likeness (QED) is 0.327. The number of nitro groups is 1. The van der Waals surface area contributed by atoms with Crippen molar-refractivity contribution < 1.29 is 37.2 Å². The first-order valence-electron chi connectivity index (χ1n) is 9.12. The second-order valence-electron chi connectivity index (χ2n) is 6.64. The molecule has 170 valence electrons. The predicted molar refractivity (Wildman–Crippen MR) is 106 cm³/mol. The third-order valence-corrected chi connectivity index (χ3v) is 4.35. The summed E-state index contributed by atoms with van der Waals surface area (Å²) in [6.07, 6.45) is -4.21. The molecule has 9 nitrogen and oxygen atoms in total. The van der Waals surface area contributed by atoms with Crippen molar-refractivity contribution in [1.82, 2.24) is 5.43 Å². The minimum Gasteiger partial charge on any atom is -0.545 e. The Hall–Kier alpha value is -4.48. The number of carbonyl (C=O) groups is 2. The normalized spacial score (nSPS) is 11.5. The van der Waals surface area contributed by atoms with Crippen LogP contribution in [0.3, 0.4) is 0 Å². The van der Waals surface area contributed by atoms with Crippen molar-refractivity contribution in [3.05, 3.63) is 87.2 Å². The molecule has 0 saturated heterocycles. The number of hydrogen-bond acceptors (Lipinski definition) is 7. The number of nitro benzene ring substituents is 1. The maximum atomic E-state index is 12.8. The zero-order chi connectivity index (χ0) is 24.2. The monoisotopic (exact) mass is 460 g/mol. The van der Waals surface area contributed by atoms with Gasteiger partial charge in [0.2, 0.25) is 5.91 Å². The molecule has 33 heavy (non-hydrogen) atoms. The number of furan rings is 1. The minimum atomic E-state index is -4.76. The largest absolute Gasteiger partial charge is 0.545 e. The number of carbonyl (C=O) groups excluding carboxylic acids is 2.